The number of nitrogens with zero attached hydrogens (tertiary/aromatic N) is 1. The summed E-state index contributed by atoms with van der Waals surface area (Å²) in [7, 11) is -4.04. The molecule has 0 radical (unpaired) electrons. The molecule has 1 amide bonds. The molecule has 130 valence electrons. The summed E-state index contributed by atoms with van der Waals surface area (Å²) in [6.07, 6.45) is -4.54. The molecule has 1 N–H and O–H groups in total. The average molecular weight is 352 g/mol. The second-order valence-corrected chi connectivity index (χ2v) is 7.11. The monoisotopic (exact) mass is 352 g/mol. The summed E-state index contributed by atoms with van der Waals surface area (Å²) < 4.78 is 63.3. The highest BCUT2D eigenvalue weighted by molar-refractivity contribution is 7.89. The van der Waals surface area contributed by atoms with Gasteiger partial charge in [-0.2, -0.15) is 17.5 Å². The number of nitrogens with one attached hydrogen (secondary N) is 1. The van der Waals surface area contributed by atoms with Crippen LogP contribution < -0.4 is 5.32 Å². The van der Waals surface area contributed by atoms with Crippen LogP contribution >= 0.6 is 0 Å². The summed E-state index contributed by atoms with van der Waals surface area (Å²) >= 11 is 0. The van der Waals surface area contributed by atoms with Crippen molar-refractivity contribution >= 4 is 15.9 Å². The maximum Gasteiger partial charge on any atom is 0.416 e. The van der Waals surface area contributed by atoms with Gasteiger partial charge in [0.05, 0.1) is 17.0 Å². The van der Waals surface area contributed by atoms with Crippen LogP contribution in [0.15, 0.2) is 29.2 Å². The first-order valence-corrected chi connectivity index (χ1v) is 8.39. The highest BCUT2D eigenvalue weighted by Crippen LogP contribution is 2.30. The lowest BCUT2D eigenvalue weighted by atomic mass is 10.2. The van der Waals surface area contributed by atoms with Crippen molar-refractivity contribution in [3.05, 3.63) is 29.8 Å². The summed E-state index contributed by atoms with van der Waals surface area (Å²) in [6, 6.07) is 3.04. The van der Waals surface area contributed by atoms with Gasteiger partial charge in [0.1, 0.15) is 0 Å². The largest absolute Gasteiger partial charge is 0.416 e. The minimum atomic E-state index is -4.54. The van der Waals surface area contributed by atoms with E-state index in [-0.39, 0.29) is 17.5 Å². The van der Waals surface area contributed by atoms with Gasteiger partial charge in [-0.15, -0.1) is 0 Å². The zero-order valence-electron chi connectivity index (χ0n) is 13.0. The van der Waals surface area contributed by atoms with E-state index < -0.39 is 34.2 Å². The van der Waals surface area contributed by atoms with Crippen molar-refractivity contribution in [1.29, 1.82) is 0 Å². The van der Waals surface area contributed by atoms with Gasteiger partial charge < -0.3 is 5.32 Å². The maximum absolute atomic E-state index is 12.5. The number of amides is 1. The Morgan fingerprint density at radius 1 is 1.22 bits per heavy atom. The van der Waals surface area contributed by atoms with Crippen LogP contribution in [0.25, 0.3) is 0 Å². The number of hydrogen-bond acceptors (Lipinski definition) is 3. The van der Waals surface area contributed by atoms with Crippen molar-refractivity contribution in [3.63, 3.8) is 0 Å². The third-order valence-corrected chi connectivity index (χ3v) is 4.88. The van der Waals surface area contributed by atoms with E-state index in [4.69, 9.17) is 0 Å². The number of sulfonamides is 1. The highest BCUT2D eigenvalue weighted by Gasteiger charge is 2.31. The van der Waals surface area contributed by atoms with Crippen LogP contribution in [0.2, 0.25) is 0 Å². The van der Waals surface area contributed by atoms with Crippen molar-refractivity contribution in [2.45, 2.75) is 37.9 Å². The fourth-order valence-corrected chi connectivity index (χ4v) is 3.26. The molecule has 1 aromatic carbocycles. The van der Waals surface area contributed by atoms with E-state index in [2.05, 4.69) is 5.32 Å². The lowest BCUT2D eigenvalue weighted by Crippen LogP contribution is -2.42. The Labute approximate surface area is 133 Å². The van der Waals surface area contributed by atoms with Gasteiger partial charge in [-0.25, -0.2) is 8.42 Å². The summed E-state index contributed by atoms with van der Waals surface area (Å²) in [5.41, 5.74) is -0.933. The number of hydrogen-bond donors (Lipinski definition) is 1. The minimum absolute atomic E-state index is 0.0227. The Morgan fingerprint density at radius 2 is 1.74 bits per heavy atom. The fourth-order valence-electron chi connectivity index (χ4n) is 1.86. The van der Waals surface area contributed by atoms with E-state index >= 15 is 0 Å². The van der Waals surface area contributed by atoms with Gasteiger partial charge in [0.25, 0.3) is 0 Å². The standard InChI is InChI=1S/C14H19F3N2O3S/c1-4-19(9-13(20)18-10(2)3)23(21,22)12-7-5-11(6-8-12)14(15,16)17/h5-8,10H,4,9H2,1-3H3,(H,18,20). The Hall–Kier alpha value is -1.61. The zero-order chi connectivity index (χ0) is 17.8. The number of alkyl halides is 3. The van der Waals surface area contributed by atoms with Gasteiger partial charge in [0.15, 0.2) is 0 Å². The van der Waals surface area contributed by atoms with Gasteiger partial charge >= 0.3 is 6.18 Å². The molecule has 9 heteroatoms. The van der Waals surface area contributed by atoms with Crippen molar-refractivity contribution < 1.29 is 26.4 Å². The number of carbonyl (C=O) groups is 1. The van der Waals surface area contributed by atoms with E-state index in [0.717, 1.165) is 16.4 Å². The van der Waals surface area contributed by atoms with Crippen LogP contribution in [-0.4, -0.2) is 37.8 Å². The Bertz CT molecular complexity index is 640. The number of rotatable bonds is 6. The molecule has 5 nitrogen and oxygen atoms in total. The highest BCUT2D eigenvalue weighted by atomic mass is 32.2. The molecule has 0 spiro atoms. The summed E-state index contributed by atoms with van der Waals surface area (Å²) in [4.78, 5) is 11.4. The average Bonchev–Trinajstić information content (AvgIpc) is 2.43. The summed E-state index contributed by atoms with van der Waals surface area (Å²) in [5, 5.41) is 2.57. The molecule has 0 saturated carbocycles. The molecule has 0 atom stereocenters. The molecule has 1 rings (SSSR count). The van der Waals surface area contributed by atoms with Crippen LogP contribution in [0.3, 0.4) is 0 Å². The van der Waals surface area contributed by atoms with E-state index in [0.29, 0.717) is 12.1 Å². The smallest absolute Gasteiger partial charge is 0.353 e. The van der Waals surface area contributed by atoms with Crippen LogP contribution in [-0.2, 0) is 21.0 Å². The lowest BCUT2D eigenvalue weighted by Gasteiger charge is -2.21. The fraction of sp³-hybridized carbons (Fsp3) is 0.500. The van der Waals surface area contributed by atoms with E-state index in [1.54, 1.807) is 20.8 Å². The predicted molar refractivity (Wildman–Crippen MR) is 79.2 cm³/mol. The molecule has 23 heavy (non-hydrogen) atoms. The number of benzene rings is 1. The summed E-state index contributed by atoms with van der Waals surface area (Å²) in [5.74, 6) is -0.475. The molecule has 0 aromatic heterocycles. The first kappa shape index (κ1) is 19.4. The van der Waals surface area contributed by atoms with Crippen molar-refractivity contribution in [2.75, 3.05) is 13.1 Å². The van der Waals surface area contributed by atoms with Gasteiger partial charge in [-0.3, -0.25) is 4.79 Å². The van der Waals surface area contributed by atoms with Gasteiger partial charge in [-0.05, 0) is 38.1 Å². The van der Waals surface area contributed by atoms with Gasteiger partial charge in [0.2, 0.25) is 15.9 Å². The Morgan fingerprint density at radius 3 is 2.13 bits per heavy atom. The van der Waals surface area contributed by atoms with Crippen LogP contribution in [0, 0.1) is 0 Å². The van der Waals surface area contributed by atoms with Crippen LogP contribution in [0.1, 0.15) is 26.3 Å². The molecule has 0 aliphatic carbocycles. The normalized spacial score (nSPS) is 12.7. The SMILES string of the molecule is CCN(CC(=O)NC(C)C)S(=O)(=O)c1ccc(C(F)(F)F)cc1. The molecular formula is C14H19F3N2O3S. The molecule has 0 fully saturated rings. The van der Waals surface area contributed by atoms with E-state index in [9.17, 15) is 26.4 Å². The Balaban J connectivity index is 3.01. The predicted octanol–water partition coefficient (Wildman–Crippen LogP) is 2.24. The zero-order valence-corrected chi connectivity index (χ0v) is 13.8. The van der Waals surface area contributed by atoms with Crippen molar-refractivity contribution in [2.24, 2.45) is 0 Å². The first-order valence-electron chi connectivity index (χ1n) is 6.95. The third-order valence-electron chi connectivity index (χ3n) is 2.94. The second kappa shape index (κ2) is 7.31. The van der Waals surface area contributed by atoms with Gasteiger partial charge in [-0.1, -0.05) is 6.92 Å². The van der Waals surface area contributed by atoms with Crippen LogP contribution in [0.5, 0.6) is 0 Å². The maximum atomic E-state index is 12.5. The van der Waals surface area contributed by atoms with Gasteiger partial charge in [0, 0.05) is 12.6 Å². The Kier molecular flexibility index (Phi) is 6.18. The molecule has 0 unspecified atom stereocenters. The van der Waals surface area contributed by atoms with Crippen molar-refractivity contribution in [3.8, 4) is 0 Å². The topological polar surface area (TPSA) is 66.5 Å². The first-order chi connectivity index (χ1) is 10.5. The molecule has 0 aliphatic heterocycles. The number of halogens is 3. The molecule has 0 heterocycles. The van der Waals surface area contributed by atoms with E-state index in [1.807, 2.05) is 0 Å². The number of likely N-dealkylation sites (N-methyl/N-ethyl adjacent to an activating group) is 1. The second-order valence-electron chi connectivity index (χ2n) is 5.18. The third kappa shape index (κ3) is 5.21. The summed E-state index contributed by atoms with van der Waals surface area (Å²) in [6.45, 7) is 4.65. The van der Waals surface area contributed by atoms with Crippen LogP contribution in [0.4, 0.5) is 13.2 Å². The van der Waals surface area contributed by atoms with Crippen molar-refractivity contribution in [1.82, 2.24) is 9.62 Å². The molecule has 0 bridgehead atoms. The quantitative estimate of drug-likeness (QED) is 0.854. The minimum Gasteiger partial charge on any atom is -0.353 e. The number of carbonyl (C=O) groups excluding carboxylic acids is 1. The van der Waals surface area contributed by atoms with E-state index in [1.165, 1.54) is 0 Å². The molecule has 0 aliphatic rings. The molecular weight excluding hydrogens is 333 g/mol. The molecule has 1 aromatic rings. The lowest BCUT2D eigenvalue weighted by molar-refractivity contribution is -0.137. The molecule has 0 saturated heterocycles.